The molecule has 2 N–H and O–H groups in total. The number of rotatable bonds is 2. The van der Waals surface area contributed by atoms with Crippen LogP contribution in [0.1, 0.15) is 0 Å². The molecule has 0 aromatic heterocycles. The number of hydrogen-bond acceptors (Lipinski definition) is 1. The van der Waals surface area contributed by atoms with Gasteiger partial charge in [-0.1, -0.05) is 0 Å². The Morgan fingerprint density at radius 1 is 1.33 bits per heavy atom. The van der Waals surface area contributed by atoms with Crippen LogP contribution in [0.2, 0.25) is 0 Å². The maximum atomic E-state index is 11.4. The van der Waals surface area contributed by atoms with Crippen LogP contribution < -0.4 is 5.73 Å². The summed E-state index contributed by atoms with van der Waals surface area (Å²) in [6, 6.07) is 0. The second-order valence-electron chi connectivity index (χ2n) is 1.63. The molecule has 9 heavy (non-hydrogen) atoms. The summed E-state index contributed by atoms with van der Waals surface area (Å²) >= 11 is 0. The fourth-order valence-electron chi connectivity index (χ4n) is 0.284. The highest BCUT2D eigenvalue weighted by Crippen LogP contribution is 2.25. The van der Waals surface area contributed by atoms with E-state index in [9.17, 15) is 17.6 Å². The van der Waals surface area contributed by atoms with Gasteiger partial charge in [0.05, 0.1) is 5.92 Å². The molecule has 0 heterocycles. The Labute approximate surface area is 49.8 Å². The molecular weight excluding hydrogens is 138 g/mol. The normalized spacial score (nSPS) is 15.7. The monoisotopic (exact) mass is 145 g/mol. The first-order valence-electron chi connectivity index (χ1n) is 2.35. The van der Waals surface area contributed by atoms with Crippen LogP contribution in [0, 0.1) is 5.92 Å². The van der Waals surface area contributed by atoms with Gasteiger partial charge in [-0.2, -0.15) is 13.2 Å². The first-order valence-corrected chi connectivity index (χ1v) is 2.35. The summed E-state index contributed by atoms with van der Waals surface area (Å²) in [5.74, 6) is -1.99. The lowest BCUT2D eigenvalue weighted by molar-refractivity contribution is -0.175. The summed E-state index contributed by atoms with van der Waals surface area (Å²) in [5.41, 5.74) is 4.61. The molecule has 0 aromatic rings. The van der Waals surface area contributed by atoms with Crippen LogP contribution in [0.25, 0.3) is 0 Å². The SMILES string of the molecule is NCC(CF)C(F)(F)F. The maximum absolute atomic E-state index is 11.4. The highest BCUT2D eigenvalue weighted by atomic mass is 19.4. The van der Waals surface area contributed by atoms with Gasteiger partial charge in [0.25, 0.3) is 0 Å². The summed E-state index contributed by atoms with van der Waals surface area (Å²) in [7, 11) is 0. The Bertz CT molecular complexity index is 75.1. The lowest BCUT2D eigenvalue weighted by atomic mass is 10.2. The van der Waals surface area contributed by atoms with E-state index in [0.29, 0.717) is 0 Å². The minimum atomic E-state index is -4.48. The van der Waals surface area contributed by atoms with Gasteiger partial charge in [-0.25, -0.2) is 0 Å². The lowest BCUT2D eigenvalue weighted by Gasteiger charge is -2.13. The first-order chi connectivity index (χ1) is 4.02. The van der Waals surface area contributed by atoms with Gasteiger partial charge in [0.1, 0.15) is 6.67 Å². The van der Waals surface area contributed by atoms with Crippen molar-refractivity contribution in [2.75, 3.05) is 13.2 Å². The molecule has 1 atom stereocenters. The third-order valence-corrected chi connectivity index (χ3v) is 0.934. The molecule has 0 aliphatic heterocycles. The fraction of sp³-hybridized carbons (Fsp3) is 1.00. The van der Waals surface area contributed by atoms with Gasteiger partial charge >= 0.3 is 6.18 Å². The molecule has 0 radical (unpaired) electrons. The van der Waals surface area contributed by atoms with E-state index in [1.165, 1.54) is 0 Å². The third kappa shape index (κ3) is 2.64. The predicted octanol–water partition coefficient (Wildman–Crippen LogP) is 1.09. The molecule has 0 spiro atoms. The third-order valence-electron chi connectivity index (χ3n) is 0.934. The molecule has 0 fully saturated rings. The van der Waals surface area contributed by atoms with Crippen LogP contribution in [0.5, 0.6) is 0 Å². The van der Waals surface area contributed by atoms with E-state index in [2.05, 4.69) is 5.73 Å². The van der Waals surface area contributed by atoms with Crippen molar-refractivity contribution in [3.05, 3.63) is 0 Å². The summed E-state index contributed by atoms with van der Waals surface area (Å²) < 4.78 is 45.6. The first kappa shape index (κ1) is 8.68. The highest BCUT2D eigenvalue weighted by molar-refractivity contribution is 4.66. The molecule has 5 heteroatoms. The molecule has 0 aromatic carbocycles. The quantitative estimate of drug-likeness (QED) is 0.578. The van der Waals surface area contributed by atoms with E-state index in [0.717, 1.165) is 0 Å². The lowest BCUT2D eigenvalue weighted by Crippen LogP contribution is -2.31. The topological polar surface area (TPSA) is 26.0 Å². The molecule has 0 rings (SSSR count). The van der Waals surface area contributed by atoms with E-state index >= 15 is 0 Å². The average molecular weight is 145 g/mol. The Morgan fingerprint density at radius 2 is 1.78 bits per heavy atom. The highest BCUT2D eigenvalue weighted by Gasteiger charge is 2.38. The summed E-state index contributed by atoms with van der Waals surface area (Å²) in [4.78, 5) is 0. The van der Waals surface area contributed by atoms with Crippen molar-refractivity contribution in [1.82, 2.24) is 0 Å². The van der Waals surface area contributed by atoms with Crippen LogP contribution >= 0.6 is 0 Å². The van der Waals surface area contributed by atoms with E-state index < -0.39 is 25.3 Å². The number of halogens is 4. The Hall–Kier alpha value is -0.320. The van der Waals surface area contributed by atoms with Gasteiger partial charge in [-0.15, -0.1) is 0 Å². The maximum Gasteiger partial charge on any atom is 0.395 e. The zero-order valence-corrected chi connectivity index (χ0v) is 4.58. The van der Waals surface area contributed by atoms with E-state index in [4.69, 9.17) is 0 Å². The van der Waals surface area contributed by atoms with Gasteiger partial charge < -0.3 is 5.73 Å². The second kappa shape index (κ2) is 3.00. The molecule has 56 valence electrons. The van der Waals surface area contributed by atoms with Gasteiger partial charge in [0.2, 0.25) is 0 Å². The van der Waals surface area contributed by atoms with Crippen LogP contribution in [0.4, 0.5) is 17.6 Å². The van der Waals surface area contributed by atoms with E-state index in [1.807, 2.05) is 0 Å². The predicted molar refractivity (Wildman–Crippen MR) is 24.6 cm³/mol. The van der Waals surface area contributed by atoms with Crippen molar-refractivity contribution >= 4 is 0 Å². The molecule has 0 amide bonds. The van der Waals surface area contributed by atoms with Crippen molar-refractivity contribution in [3.63, 3.8) is 0 Å². The summed E-state index contributed by atoms with van der Waals surface area (Å²) in [5, 5.41) is 0. The van der Waals surface area contributed by atoms with E-state index in [1.54, 1.807) is 0 Å². The molecule has 0 saturated carbocycles. The standard InChI is InChI=1S/C4H7F4N/c5-1-3(2-9)4(6,7)8/h3H,1-2,9H2. The number of hydrogen-bond donors (Lipinski definition) is 1. The molecule has 1 unspecified atom stereocenters. The largest absolute Gasteiger partial charge is 0.395 e. The van der Waals surface area contributed by atoms with Crippen LogP contribution in [0.15, 0.2) is 0 Å². The minimum Gasteiger partial charge on any atom is -0.330 e. The van der Waals surface area contributed by atoms with Gasteiger partial charge in [0.15, 0.2) is 0 Å². The number of alkyl halides is 4. The van der Waals surface area contributed by atoms with Crippen molar-refractivity contribution in [1.29, 1.82) is 0 Å². The minimum absolute atomic E-state index is 0.681. The summed E-state index contributed by atoms with van der Waals surface area (Å²) in [6.45, 7) is -2.11. The summed E-state index contributed by atoms with van der Waals surface area (Å²) in [6.07, 6.45) is -4.48. The Kier molecular flexibility index (Phi) is 2.90. The molecule has 0 bridgehead atoms. The van der Waals surface area contributed by atoms with Crippen LogP contribution in [0.3, 0.4) is 0 Å². The van der Waals surface area contributed by atoms with Crippen molar-refractivity contribution in [2.45, 2.75) is 6.18 Å². The van der Waals surface area contributed by atoms with Gasteiger partial charge in [0, 0.05) is 6.54 Å². The van der Waals surface area contributed by atoms with Crippen LogP contribution in [-0.4, -0.2) is 19.4 Å². The molecule has 0 aliphatic rings. The molecule has 1 nitrogen and oxygen atoms in total. The average Bonchev–Trinajstić information content (AvgIpc) is 1.65. The van der Waals surface area contributed by atoms with Crippen molar-refractivity contribution in [3.8, 4) is 0 Å². The zero-order valence-electron chi connectivity index (χ0n) is 4.58. The molecule has 0 saturated heterocycles. The van der Waals surface area contributed by atoms with Crippen molar-refractivity contribution in [2.24, 2.45) is 11.7 Å². The number of nitrogens with two attached hydrogens (primary N) is 1. The van der Waals surface area contributed by atoms with E-state index in [-0.39, 0.29) is 0 Å². The van der Waals surface area contributed by atoms with Crippen molar-refractivity contribution < 1.29 is 17.6 Å². The van der Waals surface area contributed by atoms with Crippen LogP contribution in [-0.2, 0) is 0 Å². The Morgan fingerprint density at radius 3 is 1.78 bits per heavy atom. The second-order valence-corrected chi connectivity index (χ2v) is 1.63. The Balaban J connectivity index is 3.79. The molecular formula is C4H7F4N. The smallest absolute Gasteiger partial charge is 0.330 e. The van der Waals surface area contributed by atoms with Gasteiger partial charge in [-0.05, 0) is 0 Å². The molecule has 0 aliphatic carbocycles. The zero-order chi connectivity index (χ0) is 7.49. The van der Waals surface area contributed by atoms with Gasteiger partial charge in [-0.3, -0.25) is 4.39 Å². The fourth-order valence-corrected chi connectivity index (χ4v) is 0.284.